The fourth-order valence-electron chi connectivity index (χ4n) is 3.44. The van der Waals surface area contributed by atoms with Crippen molar-refractivity contribution in [2.24, 2.45) is 0 Å². The lowest BCUT2D eigenvalue weighted by molar-refractivity contribution is -0.153. The van der Waals surface area contributed by atoms with E-state index in [1.807, 2.05) is 5.41 Å². The molecule has 3 aliphatic rings. The van der Waals surface area contributed by atoms with Crippen molar-refractivity contribution in [2.75, 3.05) is 23.9 Å². The second-order valence-electron chi connectivity index (χ2n) is 9.04. The fourth-order valence-corrected chi connectivity index (χ4v) is 7.08. The van der Waals surface area contributed by atoms with Gasteiger partial charge in [-0.05, 0) is 38.7 Å². The third-order valence-corrected chi connectivity index (χ3v) is 9.01. The topological polar surface area (TPSA) is 114 Å². The molecule has 3 atom stereocenters. The number of carbonyl (C=O) groups excluding carboxylic acids is 4. The van der Waals surface area contributed by atoms with Crippen LogP contribution in [-0.2, 0) is 23.9 Å². The van der Waals surface area contributed by atoms with Gasteiger partial charge in [-0.25, -0.2) is 9.59 Å². The lowest BCUT2D eigenvalue weighted by Gasteiger charge is -2.49. The summed E-state index contributed by atoms with van der Waals surface area (Å²) in [5, 5.41) is 6.66. The second kappa shape index (κ2) is 11.9. The van der Waals surface area contributed by atoms with Crippen LogP contribution in [0.25, 0.3) is 0 Å². The Morgan fingerprint density at radius 2 is 1.92 bits per heavy atom. The van der Waals surface area contributed by atoms with Crippen LogP contribution in [-0.4, -0.2) is 79.5 Å². The number of alkyl halides is 3. The zero-order valence-corrected chi connectivity index (χ0v) is 24.6. The number of rotatable bonds is 6. The van der Waals surface area contributed by atoms with Crippen molar-refractivity contribution < 1.29 is 28.7 Å². The number of esters is 1. The minimum Gasteiger partial charge on any atom is -0.456 e. The van der Waals surface area contributed by atoms with Crippen molar-refractivity contribution in [1.29, 1.82) is 0 Å². The molecular weight excluding hydrogens is 593 g/mol. The highest BCUT2D eigenvalue weighted by Crippen LogP contribution is 2.41. The maximum atomic E-state index is 13.3. The van der Waals surface area contributed by atoms with Gasteiger partial charge in [0.1, 0.15) is 35.4 Å². The largest absolute Gasteiger partial charge is 0.456 e. The molecule has 36 heavy (non-hydrogen) atoms. The molecule has 0 bridgehead atoms. The van der Waals surface area contributed by atoms with Crippen molar-refractivity contribution in [1.82, 2.24) is 15.5 Å². The van der Waals surface area contributed by atoms with Gasteiger partial charge in [0.15, 0.2) is 0 Å². The van der Waals surface area contributed by atoms with Crippen LogP contribution in [0.2, 0.25) is 0 Å². The maximum Gasteiger partial charge on any atom is 0.408 e. The van der Waals surface area contributed by atoms with Gasteiger partial charge in [0, 0.05) is 22.2 Å². The van der Waals surface area contributed by atoms with Gasteiger partial charge < -0.3 is 20.1 Å². The minimum absolute atomic E-state index is 0.0777. The van der Waals surface area contributed by atoms with E-state index in [0.29, 0.717) is 16.2 Å². The number of amides is 3. The molecule has 0 aromatic rings. The summed E-state index contributed by atoms with van der Waals surface area (Å²) in [4.78, 5) is 53.4. The van der Waals surface area contributed by atoms with Gasteiger partial charge in [0.25, 0.3) is 5.91 Å². The number of nitrogens with zero attached hydrogens (tertiary/aromatic N) is 1. The van der Waals surface area contributed by atoms with Crippen LogP contribution in [0.5, 0.6) is 0 Å². The number of hydrogen-bond acceptors (Lipinski definition) is 9. The molecule has 3 rings (SSSR count). The van der Waals surface area contributed by atoms with Crippen molar-refractivity contribution in [3.05, 3.63) is 21.6 Å². The first kappa shape index (κ1) is 29.6. The molecule has 3 unspecified atom stereocenters. The van der Waals surface area contributed by atoms with E-state index in [9.17, 15) is 19.2 Å². The van der Waals surface area contributed by atoms with Crippen LogP contribution >= 0.6 is 70.1 Å². The summed E-state index contributed by atoms with van der Waals surface area (Å²) in [6.45, 7) is 6.40. The quantitative estimate of drug-likeness (QED) is 0.261. The number of hydrogen-bond donors (Lipinski definition) is 2. The summed E-state index contributed by atoms with van der Waals surface area (Å²) in [6.07, 6.45) is -0.745. The van der Waals surface area contributed by atoms with Crippen LogP contribution < -0.4 is 10.6 Å². The van der Waals surface area contributed by atoms with E-state index >= 15 is 0 Å². The number of halogens is 3. The minimum atomic E-state index is -1.79. The molecule has 0 aromatic heterocycles. The standard InChI is InChI=1S/C21H26Cl3N3O6S3/c1-10-7-36-17-13(16(29)27(17)14(10)18(30)32-9-21(22,23)24)25-15(28)12(11-8-34-5-6-35-11)26-19(31)33-20(2,3)4/h8,12-13,17H,5-7,9H2,1-4H3,(H,25,28)(H,26,31). The molecule has 2 N–H and O–H groups in total. The van der Waals surface area contributed by atoms with Crippen molar-refractivity contribution in [2.45, 2.75) is 54.5 Å². The first-order valence-corrected chi connectivity index (χ1v) is 15.0. The fraction of sp³-hybridized carbons (Fsp3) is 0.619. The lowest BCUT2D eigenvalue weighted by atomic mass is 10.0. The Bertz CT molecular complexity index is 996. The lowest BCUT2D eigenvalue weighted by Crippen LogP contribution is -2.71. The number of alkyl carbamates (subject to hydrolysis) is 1. The van der Waals surface area contributed by atoms with Crippen molar-refractivity contribution in [3.63, 3.8) is 0 Å². The number of β-lactam (4-membered cyclic amide) rings is 1. The van der Waals surface area contributed by atoms with Gasteiger partial charge in [0.05, 0.1) is 0 Å². The molecule has 3 aliphatic heterocycles. The predicted octanol–water partition coefficient (Wildman–Crippen LogP) is 3.79. The highest BCUT2D eigenvalue weighted by molar-refractivity contribution is 8.09. The van der Waals surface area contributed by atoms with Gasteiger partial charge in [-0.1, -0.05) is 34.8 Å². The summed E-state index contributed by atoms with van der Waals surface area (Å²) < 4.78 is 8.61. The first-order chi connectivity index (χ1) is 16.7. The molecular formula is C21H26Cl3N3O6S3. The molecule has 0 radical (unpaired) electrons. The maximum absolute atomic E-state index is 13.3. The average molecular weight is 619 g/mol. The zero-order valence-electron chi connectivity index (χ0n) is 19.9. The number of fused-ring (bicyclic) bond motifs is 1. The third kappa shape index (κ3) is 7.57. The molecule has 200 valence electrons. The van der Waals surface area contributed by atoms with E-state index in [-0.39, 0.29) is 5.70 Å². The second-order valence-corrected chi connectivity index (χ2v) is 14.8. The summed E-state index contributed by atoms with van der Waals surface area (Å²) in [7, 11) is 0. The number of thioether (sulfide) groups is 3. The molecule has 3 amide bonds. The Morgan fingerprint density at radius 1 is 1.22 bits per heavy atom. The summed E-state index contributed by atoms with van der Waals surface area (Å²) >= 11 is 21.4. The normalized spacial score (nSPS) is 23.1. The molecule has 3 heterocycles. The van der Waals surface area contributed by atoms with Crippen LogP contribution in [0, 0.1) is 0 Å². The predicted molar refractivity (Wildman–Crippen MR) is 145 cm³/mol. The van der Waals surface area contributed by atoms with E-state index in [0.717, 1.165) is 11.5 Å². The van der Waals surface area contributed by atoms with Crippen LogP contribution in [0.15, 0.2) is 21.6 Å². The van der Waals surface area contributed by atoms with Gasteiger partial charge >= 0.3 is 12.1 Å². The van der Waals surface area contributed by atoms with Crippen molar-refractivity contribution in [3.8, 4) is 0 Å². The summed E-state index contributed by atoms with van der Waals surface area (Å²) in [6, 6.07) is -1.92. The van der Waals surface area contributed by atoms with E-state index in [1.54, 1.807) is 27.7 Å². The Morgan fingerprint density at radius 3 is 2.50 bits per heavy atom. The third-order valence-electron chi connectivity index (χ3n) is 4.89. The number of ether oxygens (including phenoxy) is 2. The number of nitrogens with one attached hydrogen (secondary N) is 2. The van der Waals surface area contributed by atoms with Gasteiger partial charge in [0.2, 0.25) is 9.70 Å². The molecule has 15 heteroatoms. The zero-order chi connectivity index (χ0) is 26.8. The molecule has 9 nitrogen and oxygen atoms in total. The molecule has 1 saturated heterocycles. The van der Waals surface area contributed by atoms with E-state index < -0.39 is 57.3 Å². The molecule has 0 saturated carbocycles. The summed E-state index contributed by atoms with van der Waals surface area (Å²) in [5.74, 6) is 0.286. The number of carbonyl (C=O) groups is 4. The first-order valence-electron chi connectivity index (χ1n) is 10.8. The molecule has 0 aliphatic carbocycles. The van der Waals surface area contributed by atoms with Crippen molar-refractivity contribution >= 4 is 94.0 Å². The molecule has 0 aromatic carbocycles. The summed E-state index contributed by atoms with van der Waals surface area (Å²) in [5.41, 5.74) is -0.0367. The highest BCUT2D eigenvalue weighted by Gasteiger charge is 2.54. The monoisotopic (exact) mass is 617 g/mol. The average Bonchev–Trinajstić information content (AvgIpc) is 2.78. The Labute approximate surface area is 237 Å². The van der Waals surface area contributed by atoms with Crippen LogP contribution in [0.4, 0.5) is 4.79 Å². The molecule has 1 fully saturated rings. The van der Waals surface area contributed by atoms with E-state index in [1.165, 1.54) is 40.2 Å². The van der Waals surface area contributed by atoms with Crippen LogP contribution in [0.1, 0.15) is 27.7 Å². The van der Waals surface area contributed by atoms with Gasteiger partial charge in [-0.15, -0.1) is 35.3 Å². The van der Waals surface area contributed by atoms with Crippen LogP contribution in [0.3, 0.4) is 0 Å². The molecule has 0 spiro atoms. The smallest absolute Gasteiger partial charge is 0.408 e. The Hall–Kier alpha value is -0.920. The van der Waals surface area contributed by atoms with E-state index in [4.69, 9.17) is 44.3 Å². The van der Waals surface area contributed by atoms with Gasteiger partial charge in [-0.3, -0.25) is 14.5 Å². The van der Waals surface area contributed by atoms with Gasteiger partial charge in [-0.2, -0.15) is 0 Å². The highest BCUT2D eigenvalue weighted by atomic mass is 35.6. The Balaban J connectivity index is 1.72. The Kier molecular flexibility index (Phi) is 9.76. The SMILES string of the molecule is CC1=C(C(=O)OCC(Cl)(Cl)Cl)N2C(=O)C(NC(=O)C(NC(=O)OC(C)(C)C)C3=CSCCS3)C2SC1. The van der Waals surface area contributed by atoms with E-state index in [2.05, 4.69) is 10.6 Å².